The largest absolute Gasteiger partial charge is 0.487 e. The number of benzene rings is 5. The minimum Gasteiger partial charge on any atom is -0.487 e. The lowest BCUT2D eigenvalue weighted by Crippen LogP contribution is -2.00. The van der Waals surface area contributed by atoms with Crippen LogP contribution in [0.1, 0.15) is 16.7 Å². The SMILES string of the molecule is N#C/C(=C/c1cc(I)c(OCc2cccc3ccccc23)c(I)c1)c1ccc2ccccc2c1. The van der Waals surface area contributed by atoms with Crippen LogP contribution < -0.4 is 4.74 Å². The van der Waals surface area contributed by atoms with Crippen LogP contribution in [0.25, 0.3) is 33.2 Å². The number of halogens is 2. The molecule has 0 aliphatic carbocycles. The van der Waals surface area contributed by atoms with Crippen LogP contribution in [0.3, 0.4) is 0 Å². The molecule has 5 aromatic carbocycles. The highest BCUT2D eigenvalue weighted by Crippen LogP contribution is 2.32. The molecule has 0 amide bonds. The Morgan fingerprint density at radius 2 is 1.44 bits per heavy atom. The molecule has 0 fully saturated rings. The number of hydrogen-bond donors (Lipinski definition) is 0. The van der Waals surface area contributed by atoms with E-state index in [4.69, 9.17) is 4.74 Å². The standard InChI is InChI=1S/C30H19I2NO/c31-28-15-20(14-26(18-33)24-13-12-21-6-1-2-8-23(21)17-24)16-29(32)30(28)34-19-25-10-5-9-22-7-3-4-11-27(22)25/h1-17H,19H2/b26-14-. The van der Waals surface area contributed by atoms with Gasteiger partial charge in [0.25, 0.3) is 0 Å². The van der Waals surface area contributed by atoms with Crippen molar-refractivity contribution in [3.05, 3.63) is 121 Å². The normalized spacial score (nSPS) is 11.5. The molecule has 0 aromatic heterocycles. The summed E-state index contributed by atoms with van der Waals surface area (Å²) >= 11 is 4.63. The van der Waals surface area contributed by atoms with E-state index < -0.39 is 0 Å². The number of allylic oxidation sites excluding steroid dienone is 1. The zero-order valence-electron chi connectivity index (χ0n) is 18.1. The van der Waals surface area contributed by atoms with E-state index in [0.717, 1.165) is 35.0 Å². The monoisotopic (exact) mass is 663 g/mol. The zero-order chi connectivity index (χ0) is 23.5. The molecule has 0 spiro atoms. The maximum Gasteiger partial charge on any atom is 0.146 e. The predicted molar refractivity (Wildman–Crippen MR) is 158 cm³/mol. The van der Waals surface area contributed by atoms with Crippen molar-refractivity contribution in [3.63, 3.8) is 0 Å². The summed E-state index contributed by atoms with van der Waals surface area (Å²) in [7, 11) is 0. The van der Waals surface area contributed by atoms with Gasteiger partial charge in [0.15, 0.2) is 0 Å². The maximum atomic E-state index is 9.86. The third-order valence-electron chi connectivity index (χ3n) is 5.76. The average Bonchev–Trinajstić information content (AvgIpc) is 2.86. The molecule has 0 radical (unpaired) electrons. The smallest absolute Gasteiger partial charge is 0.146 e. The van der Waals surface area contributed by atoms with Crippen molar-refractivity contribution in [2.24, 2.45) is 0 Å². The Balaban J connectivity index is 1.42. The molecule has 0 heterocycles. The lowest BCUT2D eigenvalue weighted by Gasteiger charge is -2.13. The van der Waals surface area contributed by atoms with Gasteiger partial charge in [-0.05, 0) is 108 Å². The van der Waals surface area contributed by atoms with Gasteiger partial charge in [0.2, 0.25) is 0 Å². The Hall–Kier alpha value is -2.89. The minimum absolute atomic E-state index is 0.503. The van der Waals surface area contributed by atoms with Crippen LogP contribution in [0.4, 0.5) is 0 Å². The van der Waals surface area contributed by atoms with Crippen LogP contribution in [0.2, 0.25) is 0 Å². The molecule has 0 aliphatic rings. The van der Waals surface area contributed by atoms with E-state index in [1.807, 2.05) is 24.3 Å². The van der Waals surface area contributed by atoms with Crippen LogP contribution in [0.15, 0.2) is 97.1 Å². The minimum atomic E-state index is 0.503. The quantitative estimate of drug-likeness (QED) is 0.107. The van der Waals surface area contributed by atoms with E-state index in [-0.39, 0.29) is 0 Å². The summed E-state index contributed by atoms with van der Waals surface area (Å²) in [5.74, 6) is 0.871. The summed E-state index contributed by atoms with van der Waals surface area (Å²) in [6.07, 6.45) is 1.95. The molecule has 34 heavy (non-hydrogen) atoms. The van der Waals surface area contributed by atoms with Gasteiger partial charge in [0.1, 0.15) is 12.4 Å². The fourth-order valence-electron chi connectivity index (χ4n) is 4.07. The van der Waals surface area contributed by atoms with Crippen molar-refractivity contribution in [3.8, 4) is 11.8 Å². The first-order valence-corrected chi connectivity index (χ1v) is 13.0. The molecule has 0 saturated heterocycles. The van der Waals surface area contributed by atoms with Crippen LogP contribution in [0, 0.1) is 18.5 Å². The Bertz CT molecular complexity index is 1570. The van der Waals surface area contributed by atoms with Crippen molar-refractivity contribution in [1.29, 1.82) is 5.26 Å². The molecule has 5 rings (SSSR count). The van der Waals surface area contributed by atoms with Gasteiger partial charge in [0.05, 0.1) is 18.8 Å². The number of ether oxygens (including phenoxy) is 1. The van der Waals surface area contributed by atoms with Gasteiger partial charge in [-0.15, -0.1) is 0 Å². The molecule has 4 heteroatoms. The van der Waals surface area contributed by atoms with Crippen molar-refractivity contribution in [1.82, 2.24) is 0 Å². The molecule has 0 bridgehead atoms. The number of nitrogens with zero attached hydrogens (tertiary/aromatic N) is 1. The third kappa shape index (κ3) is 4.82. The number of hydrogen-bond acceptors (Lipinski definition) is 2. The lowest BCUT2D eigenvalue weighted by atomic mass is 10.0. The van der Waals surface area contributed by atoms with Gasteiger partial charge < -0.3 is 4.74 Å². The molecule has 0 aliphatic heterocycles. The molecular formula is C30H19I2NO. The molecule has 0 atom stereocenters. The number of nitriles is 1. The van der Waals surface area contributed by atoms with Crippen LogP contribution in [-0.2, 0) is 6.61 Å². The van der Waals surface area contributed by atoms with Gasteiger partial charge >= 0.3 is 0 Å². The molecule has 164 valence electrons. The highest BCUT2D eigenvalue weighted by Gasteiger charge is 2.11. The molecular weight excluding hydrogens is 644 g/mol. The van der Waals surface area contributed by atoms with Crippen molar-refractivity contribution in [2.75, 3.05) is 0 Å². The molecule has 2 nitrogen and oxygen atoms in total. The van der Waals surface area contributed by atoms with Crippen molar-refractivity contribution < 1.29 is 4.74 Å². The van der Waals surface area contributed by atoms with E-state index in [2.05, 4.69) is 130 Å². The van der Waals surface area contributed by atoms with Gasteiger partial charge in [-0.2, -0.15) is 5.26 Å². The van der Waals surface area contributed by atoms with Crippen LogP contribution >= 0.6 is 45.2 Å². The topological polar surface area (TPSA) is 33.0 Å². The summed E-state index contributed by atoms with van der Waals surface area (Å²) in [4.78, 5) is 0. The van der Waals surface area contributed by atoms with E-state index in [9.17, 15) is 5.26 Å². The molecule has 0 N–H and O–H groups in total. The van der Waals surface area contributed by atoms with Gasteiger partial charge in [-0.3, -0.25) is 0 Å². The molecule has 0 saturated carbocycles. The van der Waals surface area contributed by atoms with E-state index >= 15 is 0 Å². The average molecular weight is 663 g/mol. The first-order valence-electron chi connectivity index (χ1n) is 10.8. The van der Waals surface area contributed by atoms with E-state index in [1.54, 1.807) is 0 Å². The van der Waals surface area contributed by atoms with Crippen LogP contribution in [-0.4, -0.2) is 0 Å². The Kier molecular flexibility index (Phi) is 6.84. The second kappa shape index (κ2) is 10.2. The Morgan fingerprint density at radius 3 is 2.21 bits per heavy atom. The predicted octanol–water partition coefficient (Wildman–Crippen LogP) is 8.85. The zero-order valence-corrected chi connectivity index (χ0v) is 22.4. The first-order chi connectivity index (χ1) is 16.6. The Morgan fingerprint density at radius 1 is 0.765 bits per heavy atom. The first kappa shape index (κ1) is 22.9. The fraction of sp³-hybridized carbons (Fsp3) is 0.0333. The van der Waals surface area contributed by atoms with Gasteiger partial charge in [-0.25, -0.2) is 0 Å². The number of fused-ring (bicyclic) bond motifs is 2. The molecule has 0 unspecified atom stereocenters. The summed E-state index contributed by atoms with van der Waals surface area (Å²) in [6, 6.07) is 35.5. The second-order valence-electron chi connectivity index (χ2n) is 7.97. The summed E-state index contributed by atoms with van der Waals surface area (Å²) in [5.41, 5.74) is 3.71. The fourth-order valence-corrected chi connectivity index (χ4v) is 6.20. The summed E-state index contributed by atoms with van der Waals surface area (Å²) in [5, 5.41) is 14.6. The lowest BCUT2D eigenvalue weighted by molar-refractivity contribution is 0.303. The van der Waals surface area contributed by atoms with E-state index in [1.165, 1.54) is 16.2 Å². The van der Waals surface area contributed by atoms with E-state index in [0.29, 0.717) is 12.2 Å². The molecule has 5 aromatic rings. The summed E-state index contributed by atoms with van der Waals surface area (Å²) < 4.78 is 8.32. The highest BCUT2D eigenvalue weighted by atomic mass is 127. The van der Waals surface area contributed by atoms with Gasteiger partial charge in [0, 0.05) is 0 Å². The van der Waals surface area contributed by atoms with Crippen molar-refractivity contribution >= 4 is 78.4 Å². The highest BCUT2D eigenvalue weighted by molar-refractivity contribution is 14.1. The second-order valence-corrected chi connectivity index (χ2v) is 10.3. The Labute approximate surface area is 226 Å². The number of rotatable bonds is 5. The van der Waals surface area contributed by atoms with Crippen molar-refractivity contribution in [2.45, 2.75) is 6.61 Å². The van der Waals surface area contributed by atoms with Gasteiger partial charge in [-0.1, -0.05) is 78.9 Å². The summed E-state index contributed by atoms with van der Waals surface area (Å²) in [6.45, 7) is 0.503. The maximum absolute atomic E-state index is 9.86. The third-order valence-corrected chi connectivity index (χ3v) is 7.37. The van der Waals surface area contributed by atoms with Crippen LogP contribution in [0.5, 0.6) is 5.75 Å².